The monoisotopic (exact) mass is 392 g/mol. The number of benzene rings is 2. The third kappa shape index (κ3) is 3.89. The molecular weight excluding hydrogens is 378 g/mol. The van der Waals surface area contributed by atoms with Crippen LogP contribution in [0.3, 0.4) is 0 Å². The molecule has 1 aliphatic heterocycles. The van der Waals surface area contributed by atoms with E-state index >= 15 is 0 Å². The molecule has 144 valence electrons. The number of halogens is 2. The Morgan fingerprint density at radius 2 is 1.93 bits per heavy atom. The Kier molecular flexibility index (Phi) is 4.87. The van der Waals surface area contributed by atoms with E-state index in [2.05, 4.69) is 27.3 Å². The van der Waals surface area contributed by atoms with Crippen molar-refractivity contribution in [3.05, 3.63) is 75.7 Å². The van der Waals surface area contributed by atoms with Crippen molar-refractivity contribution in [3.8, 4) is 17.6 Å². The van der Waals surface area contributed by atoms with Gasteiger partial charge in [0, 0.05) is 23.6 Å². The molecule has 1 N–H and O–H groups in total. The highest BCUT2D eigenvalue weighted by atomic mass is 19.1. The van der Waals surface area contributed by atoms with Gasteiger partial charge in [0.15, 0.2) is 17.4 Å². The van der Waals surface area contributed by atoms with Gasteiger partial charge in [0.25, 0.3) is 5.56 Å². The van der Waals surface area contributed by atoms with Crippen molar-refractivity contribution >= 4 is 17.0 Å². The van der Waals surface area contributed by atoms with E-state index in [1.165, 1.54) is 4.57 Å². The summed E-state index contributed by atoms with van der Waals surface area (Å²) in [6.45, 7) is -0.0369. The molecule has 0 amide bonds. The Morgan fingerprint density at radius 1 is 1.14 bits per heavy atom. The van der Waals surface area contributed by atoms with Gasteiger partial charge in [-0.25, -0.2) is 8.78 Å². The summed E-state index contributed by atoms with van der Waals surface area (Å²) in [4.78, 5) is 12.8. The molecule has 1 aromatic heterocycles. The van der Waals surface area contributed by atoms with Gasteiger partial charge in [-0.3, -0.25) is 4.79 Å². The van der Waals surface area contributed by atoms with E-state index in [1.807, 2.05) is 6.07 Å². The Hall–Kier alpha value is -3.86. The van der Waals surface area contributed by atoms with Crippen molar-refractivity contribution < 1.29 is 13.9 Å². The Labute approximate surface area is 163 Å². The average Bonchev–Trinajstić information content (AvgIpc) is 3.22. The van der Waals surface area contributed by atoms with Crippen LogP contribution in [0.5, 0.6) is 5.75 Å². The molecule has 0 spiro atoms. The summed E-state index contributed by atoms with van der Waals surface area (Å²) >= 11 is 0. The summed E-state index contributed by atoms with van der Waals surface area (Å²) in [6, 6.07) is 8.89. The van der Waals surface area contributed by atoms with Crippen molar-refractivity contribution in [2.75, 3.05) is 0 Å². The van der Waals surface area contributed by atoms with E-state index in [-0.39, 0.29) is 23.7 Å². The Balaban J connectivity index is 1.64. The number of fused-ring (bicyclic) bond motifs is 1. The summed E-state index contributed by atoms with van der Waals surface area (Å²) in [7, 11) is 0. The predicted molar refractivity (Wildman–Crippen MR) is 104 cm³/mol. The first kappa shape index (κ1) is 18.5. The van der Waals surface area contributed by atoms with Gasteiger partial charge >= 0.3 is 0 Å². The summed E-state index contributed by atoms with van der Waals surface area (Å²) in [5.41, 5.74) is 0.584. The van der Waals surface area contributed by atoms with E-state index in [0.29, 0.717) is 17.4 Å². The molecule has 6 nitrogen and oxygen atoms in total. The summed E-state index contributed by atoms with van der Waals surface area (Å²) in [5, 5.41) is 21.5. The minimum absolute atomic E-state index is 0.0369. The lowest BCUT2D eigenvalue weighted by molar-refractivity contribution is 0.395. The number of hydrogen-bond acceptors (Lipinski definition) is 5. The molecule has 0 saturated heterocycles. The first-order valence-corrected chi connectivity index (χ1v) is 8.73. The highest BCUT2D eigenvalue weighted by Gasteiger charge is 2.11. The van der Waals surface area contributed by atoms with Gasteiger partial charge in [-0.2, -0.15) is 5.11 Å². The number of aromatic nitrogens is 1. The number of pyridine rings is 1. The van der Waals surface area contributed by atoms with Crippen molar-refractivity contribution in [2.24, 2.45) is 15.4 Å². The molecule has 29 heavy (non-hydrogen) atoms. The van der Waals surface area contributed by atoms with Crippen LogP contribution < -0.4 is 5.56 Å². The van der Waals surface area contributed by atoms with Crippen LogP contribution in [0.2, 0.25) is 0 Å². The van der Waals surface area contributed by atoms with Gasteiger partial charge in [0.05, 0.1) is 12.8 Å². The molecule has 2 aromatic carbocycles. The second kappa shape index (κ2) is 7.64. The highest BCUT2D eigenvalue weighted by molar-refractivity contribution is 5.82. The number of phenols is 1. The van der Waals surface area contributed by atoms with Crippen LogP contribution in [0.15, 0.2) is 62.8 Å². The van der Waals surface area contributed by atoms with Gasteiger partial charge in [-0.15, -0.1) is 5.10 Å². The zero-order valence-corrected chi connectivity index (χ0v) is 15.0. The number of nitrogens with zero attached hydrogens (tertiary/aromatic N) is 4. The molecule has 1 aliphatic rings. The zero-order chi connectivity index (χ0) is 20.4. The lowest BCUT2D eigenvalue weighted by Crippen LogP contribution is -2.20. The van der Waals surface area contributed by atoms with E-state index in [1.54, 1.807) is 30.6 Å². The van der Waals surface area contributed by atoms with E-state index in [9.17, 15) is 18.7 Å². The molecule has 0 bridgehead atoms. The third-order valence-electron chi connectivity index (χ3n) is 4.44. The van der Waals surface area contributed by atoms with Crippen molar-refractivity contribution in [1.82, 2.24) is 4.57 Å². The molecule has 8 heteroatoms. The van der Waals surface area contributed by atoms with Crippen molar-refractivity contribution in [1.29, 1.82) is 0 Å². The number of aromatic hydroxyl groups is 1. The summed E-state index contributed by atoms with van der Waals surface area (Å²) in [6.07, 6.45) is 3.65. The minimum Gasteiger partial charge on any atom is -0.503 e. The number of hydrogen-bond donors (Lipinski definition) is 1. The number of rotatable bonds is 3. The lowest BCUT2D eigenvalue weighted by Gasteiger charge is -2.09. The Bertz CT molecular complexity index is 1250. The normalized spacial score (nSPS) is 14.9. The summed E-state index contributed by atoms with van der Waals surface area (Å²) < 4.78 is 28.5. The topological polar surface area (TPSA) is 79.3 Å². The standard InChI is InChI=1S/C21H14F2N4O2/c22-18-9-14(10-19(23)20(18)28)12-27-7-6-15-5-4-13(8-17(15)21(27)29)2-1-3-16-11-24-26-25-16/h4-11,16,28H,3,12H2. The fourth-order valence-electron chi connectivity index (χ4n) is 2.97. The quantitative estimate of drug-likeness (QED) is 0.692. The highest BCUT2D eigenvalue weighted by Crippen LogP contribution is 2.22. The molecule has 1 unspecified atom stereocenters. The van der Waals surface area contributed by atoms with E-state index in [4.69, 9.17) is 0 Å². The molecule has 0 radical (unpaired) electrons. The van der Waals surface area contributed by atoms with Crippen LogP contribution in [-0.2, 0) is 6.54 Å². The fourth-order valence-corrected chi connectivity index (χ4v) is 2.97. The number of phenolic OH excluding ortho intramolecular Hbond substituents is 1. The van der Waals surface area contributed by atoms with Crippen LogP contribution >= 0.6 is 0 Å². The van der Waals surface area contributed by atoms with Gasteiger partial charge in [0.1, 0.15) is 6.04 Å². The predicted octanol–water partition coefficient (Wildman–Crippen LogP) is 3.60. The molecular formula is C21H14F2N4O2. The molecule has 0 saturated carbocycles. The smallest absolute Gasteiger partial charge is 0.258 e. The van der Waals surface area contributed by atoms with Crippen molar-refractivity contribution in [2.45, 2.75) is 19.0 Å². The molecule has 3 aromatic rings. The van der Waals surface area contributed by atoms with Gasteiger partial charge in [-0.05, 0) is 46.5 Å². The molecule has 2 heterocycles. The van der Waals surface area contributed by atoms with Crippen LogP contribution in [0, 0.1) is 23.5 Å². The molecule has 1 atom stereocenters. The fraction of sp³-hybridized carbons (Fsp3) is 0.143. The summed E-state index contributed by atoms with van der Waals surface area (Å²) in [5.74, 6) is 2.81. The Morgan fingerprint density at radius 3 is 2.66 bits per heavy atom. The third-order valence-corrected chi connectivity index (χ3v) is 4.44. The van der Waals surface area contributed by atoms with Crippen molar-refractivity contribution in [3.63, 3.8) is 0 Å². The van der Waals surface area contributed by atoms with E-state index < -0.39 is 17.4 Å². The maximum absolute atomic E-state index is 13.6. The van der Waals surface area contributed by atoms with Crippen LogP contribution in [0.25, 0.3) is 10.8 Å². The second-order valence-electron chi connectivity index (χ2n) is 6.50. The lowest BCUT2D eigenvalue weighted by atomic mass is 10.1. The maximum Gasteiger partial charge on any atom is 0.258 e. The maximum atomic E-state index is 13.6. The molecule has 0 fully saturated rings. The van der Waals surface area contributed by atoms with Gasteiger partial charge in [-0.1, -0.05) is 17.9 Å². The average molecular weight is 392 g/mol. The SMILES string of the molecule is O=c1c2cc(C#CCC3C=NN=N3)ccc2ccn1Cc1cc(F)c(O)c(F)c1. The van der Waals surface area contributed by atoms with E-state index in [0.717, 1.165) is 17.5 Å². The van der Waals surface area contributed by atoms with Gasteiger partial charge in [0.2, 0.25) is 0 Å². The van der Waals surface area contributed by atoms with Crippen LogP contribution in [0.4, 0.5) is 8.78 Å². The first-order chi connectivity index (χ1) is 14.0. The first-order valence-electron chi connectivity index (χ1n) is 8.73. The zero-order valence-electron chi connectivity index (χ0n) is 15.0. The van der Waals surface area contributed by atoms with Gasteiger partial charge < -0.3 is 9.67 Å². The molecule has 4 rings (SSSR count). The largest absolute Gasteiger partial charge is 0.503 e. The molecule has 0 aliphatic carbocycles. The minimum atomic E-state index is -1.07. The van der Waals surface area contributed by atoms with Crippen LogP contribution in [-0.4, -0.2) is 21.9 Å². The second-order valence-corrected chi connectivity index (χ2v) is 6.50. The van der Waals surface area contributed by atoms with Crippen LogP contribution in [0.1, 0.15) is 17.5 Å².